The topological polar surface area (TPSA) is 91.2 Å². The molecule has 0 radical (unpaired) electrons. The molecule has 2 aromatic carbocycles. The van der Waals surface area contributed by atoms with E-state index in [9.17, 15) is 14.9 Å². The van der Waals surface area contributed by atoms with E-state index in [4.69, 9.17) is 4.74 Å². The van der Waals surface area contributed by atoms with Gasteiger partial charge in [-0.3, -0.25) is 9.59 Å². The summed E-state index contributed by atoms with van der Waals surface area (Å²) in [5.41, 5.74) is 2.02. The normalized spacial score (nSPS) is 23.3. The quantitative estimate of drug-likeness (QED) is 0.861. The summed E-state index contributed by atoms with van der Waals surface area (Å²) in [7, 11) is 1.56. The molecule has 1 aliphatic heterocycles. The van der Waals surface area contributed by atoms with Crippen LogP contribution in [0.3, 0.4) is 0 Å². The molecule has 0 aromatic heterocycles. The lowest BCUT2D eigenvalue weighted by Gasteiger charge is -2.37. The second-order valence-corrected chi connectivity index (χ2v) is 7.02. The molecule has 0 saturated carbocycles. The number of fused-ring (bicyclic) bond motifs is 1. The zero-order chi connectivity index (χ0) is 19.0. The SMILES string of the molecule is COc1ccc(C#N)c2c1C[C@]1(C2)NC(=O)[C@H](Cc2ccccc2)NC1=O. The minimum Gasteiger partial charge on any atom is -0.496 e. The van der Waals surface area contributed by atoms with Gasteiger partial charge in [0.15, 0.2) is 0 Å². The van der Waals surface area contributed by atoms with Crippen molar-refractivity contribution in [2.45, 2.75) is 30.8 Å². The van der Waals surface area contributed by atoms with Crippen molar-refractivity contribution in [3.63, 3.8) is 0 Å². The molecule has 27 heavy (non-hydrogen) atoms. The van der Waals surface area contributed by atoms with Gasteiger partial charge in [0, 0.05) is 24.8 Å². The average molecular weight is 361 g/mol. The molecule has 6 heteroatoms. The Hall–Kier alpha value is -3.33. The molecule has 2 amide bonds. The van der Waals surface area contributed by atoms with Gasteiger partial charge in [-0.15, -0.1) is 0 Å². The van der Waals surface area contributed by atoms with Crippen LogP contribution in [0.15, 0.2) is 42.5 Å². The monoisotopic (exact) mass is 361 g/mol. The number of nitrogens with one attached hydrogen (secondary N) is 2. The Morgan fingerprint density at radius 2 is 1.89 bits per heavy atom. The van der Waals surface area contributed by atoms with Crippen LogP contribution in [0, 0.1) is 11.3 Å². The first-order valence-electron chi connectivity index (χ1n) is 8.82. The Morgan fingerprint density at radius 1 is 1.15 bits per heavy atom. The molecular weight excluding hydrogens is 342 g/mol. The van der Waals surface area contributed by atoms with Crippen molar-refractivity contribution in [2.75, 3.05) is 7.11 Å². The predicted octanol–water partition coefficient (Wildman–Crippen LogP) is 1.26. The van der Waals surface area contributed by atoms with Gasteiger partial charge in [0.1, 0.15) is 17.3 Å². The number of hydrogen-bond donors (Lipinski definition) is 2. The van der Waals surface area contributed by atoms with Crippen LogP contribution in [-0.2, 0) is 28.9 Å². The summed E-state index contributed by atoms with van der Waals surface area (Å²) in [6, 6.07) is 14.6. The average Bonchev–Trinajstić information content (AvgIpc) is 3.06. The van der Waals surface area contributed by atoms with Gasteiger partial charge in [-0.1, -0.05) is 30.3 Å². The van der Waals surface area contributed by atoms with Crippen LogP contribution in [-0.4, -0.2) is 30.5 Å². The molecule has 1 fully saturated rings. The summed E-state index contributed by atoms with van der Waals surface area (Å²) in [6.45, 7) is 0. The third-order valence-corrected chi connectivity index (χ3v) is 5.39. The standard InChI is InChI=1S/C21H19N3O3/c1-27-18-8-7-14(12-22)15-10-21(11-16(15)18)20(26)23-17(19(25)24-21)9-13-5-3-2-4-6-13/h2-8,17H,9-11H2,1H3,(H,23,26)(H,24,25)/t17-,21-/m0/s1. The third kappa shape index (κ3) is 2.81. The summed E-state index contributed by atoms with van der Waals surface area (Å²) < 4.78 is 5.40. The highest BCUT2D eigenvalue weighted by Gasteiger charge is 2.51. The molecule has 2 aliphatic rings. The Kier molecular flexibility index (Phi) is 4.08. The molecule has 2 atom stereocenters. The maximum absolute atomic E-state index is 13.0. The van der Waals surface area contributed by atoms with Gasteiger partial charge in [-0.25, -0.2) is 0 Å². The van der Waals surface area contributed by atoms with Gasteiger partial charge in [-0.2, -0.15) is 5.26 Å². The zero-order valence-corrected chi connectivity index (χ0v) is 14.9. The van der Waals surface area contributed by atoms with Gasteiger partial charge in [0.05, 0.1) is 18.7 Å². The number of nitrogens with zero attached hydrogens (tertiary/aromatic N) is 1. The maximum atomic E-state index is 13.0. The number of piperazine rings is 1. The van der Waals surface area contributed by atoms with Crippen molar-refractivity contribution in [1.82, 2.24) is 10.6 Å². The fourth-order valence-electron chi connectivity index (χ4n) is 4.01. The second kappa shape index (κ2) is 6.44. The number of carbonyl (C=O) groups is 2. The van der Waals surface area contributed by atoms with E-state index in [1.807, 2.05) is 30.3 Å². The number of carbonyl (C=O) groups excluding carboxylic acids is 2. The molecular formula is C21H19N3O3. The number of amides is 2. The lowest BCUT2D eigenvalue weighted by atomic mass is 9.89. The maximum Gasteiger partial charge on any atom is 0.247 e. The fourth-order valence-corrected chi connectivity index (χ4v) is 4.01. The number of hydrogen-bond acceptors (Lipinski definition) is 4. The van der Waals surface area contributed by atoms with E-state index in [1.165, 1.54) is 0 Å². The summed E-state index contributed by atoms with van der Waals surface area (Å²) in [5.74, 6) is 0.211. The van der Waals surface area contributed by atoms with Crippen molar-refractivity contribution in [1.29, 1.82) is 5.26 Å². The molecule has 0 unspecified atom stereocenters. The number of nitriles is 1. The van der Waals surface area contributed by atoms with E-state index in [2.05, 4.69) is 16.7 Å². The van der Waals surface area contributed by atoms with Crippen LogP contribution in [0.2, 0.25) is 0 Å². The minimum atomic E-state index is -1.06. The van der Waals surface area contributed by atoms with Gasteiger partial charge in [0.2, 0.25) is 11.8 Å². The van der Waals surface area contributed by atoms with Crippen molar-refractivity contribution in [3.05, 3.63) is 64.7 Å². The first-order valence-corrected chi connectivity index (χ1v) is 8.82. The lowest BCUT2D eigenvalue weighted by Crippen LogP contribution is -2.70. The number of ether oxygens (including phenoxy) is 1. The molecule has 1 aliphatic carbocycles. The summed E-state index contributed by atoms with van der Waals surface area (Å²) >= 11 is 0. The largest absolute Gasteiger partial charge is 0.496 e. The zero-order valence-electron chi connectivity index (χ0n) is 14.9. The smallest absolute Gasteiger partial charge is 0.247 e. The van der Waals surface area contributed by atoms with Gasteiger partial charge in [-0.05, 0) is 23.3 Å². The minimum absolute atomic E-state index is 0.205. The Labute approximate surface area is 157 Å². The summed E-state index contributed by atoms with van der Waals surface area (Å²) in [6.07, 6.45) is 1.04. The van der Waals surface area contributed by atoms with E-state index < -0.39 is 11.6 Å². The number of rotatable bonds is 3. The highest BCUT2D eigenvalue weighted by atomic mass is 16.5. The Bertz CT molecular complexity index is 965. The fraction of sp³-hybridized carbons (Fsp3) is 0.286. The van der Waals surface area contributed by atoms with Crippen molar-refractivity contribution >= 4 is 11.8 Å². The number of methoxy groups -OCH3 is 1. The van der Waals surface area contributed by atoms with E-state index >= 15 is 0 Å². The van der Waals surface area contributed by atoms with Crippen molar-refractivity contribution < 1.29 is 14.3 Å². The summed E-state index contributed by atoms with van der Waals surface area (Å²) in [5, 5.41) is 15.2. The molecule has 2 N–H and O–H groups in total. The van der Waals surface area contributed by atoms with Crippen LogP contribution in [0.1, 0.15) is 22.3 Å². The van der Waals surface area contributed by atoms with Crippen molar-refractivity contribution in [3.8, 4) is 11.8 Å². The molecule has 136 valence electrons. The number of benzene rings is 2. The van der Waals surface area contributed by atoms with E-state index in [-0.39, 0.29) is 18.2 Å². The molecule has 1 spiro atoms. The van der Waals surface area contributed by atoms with Crippen molar-refractivity contribution in [2.24, 2.45) is 0 Å². The highest BCUT2D eigenvalue weighted by molar-refractivity contribution is 6.01. The van der Waals surface area contributed by atoms with Crippen LogP contribution in [0.25, 0.3) is 0 Å². The van der Waals surface area contributed by atoms with Crippen LogP contribution in [0.5, 0.6) is 5.75 Å². The van der Waals surface area contributed by atoms with Crippen LogP contribution in [0.4, 0.5) is 0 Å². The second-order valence-electron chi connectivity index (χ2n) is 7.02. The van der Waals surface area contributed by atoms with Crippen LogP contribution < -0.4 is 15.4 Å². The molecule has 2 aromatic rings. The van der Waals surface area contributed by atoms with Gasteiger partial charge in [0.25, 0.3) is 0 Å². The predicted molar refractivity (Wildman–Crippen MR) is 98.1 cm³/mol. The van der Waals surface area contributed by atoms with Crippen LogP contribution >= 0.6 is 0 Å². The highest BCUT2D eigenvalue weighted by Crippen LogP contribution is 2.39. The molecule has 1 heterocycles. The molecule has 4 rings (SSSR count). The van der Waals surface area contributed by atoms with Gasteiger partial charge >= 0.3 is 0 Å². The molecule has 6 nitrogen and oxygen atoms in total. The lowest BCUT2D eigenvalue weighted by molar-refractivity contribution is -0.141. The molecule has 0 bridgehead atoms. The van der Waals surface area contributed by atoms with Gasteiger partial charge < -0.3 is 15.4 Å². The first-order chi connectivity index (χ1) is 13.1. The van der Waals surface area contributed by atoms with E-state index in [0.717, 1.165) is 16.7 Å². The van der Waals surface area contributed by atoms with E-state index in [1.54, 1.807) is 19.2 Å². The Balaban J connectivity index is 1.60. The summed E-state index contributed by atoms with van der Waals surface area (Å²) in [4.78, 5) is 25.7. The van der Waals surface area contributed by atoms with E-state index in [0.29, 0.717) is 24.2 Å². The first kappa shape index (κ1) is 17.1. The molecule has 1 saturated heterocycles. The third-order valence-electron chi connectivity index (χ3n) is 5.39. The Morgan fingerprint density at radius 3 is 2.59 bits per heavy atom.